The number of nitrogens with one attached hydrogen (secondary N) is 1. The Morgan fingerprint density at radius 3 is 2.69 bits per heavy atom. The van der Waals surface area contributed by atoms with Gasteiger partial charge in [0, 0.05) is 23.1 Å². The first-order valence-corrected chi connectivity index (χ1v) is 6.15. The molecule has 1 saturated heterocycles. The maximum atomic E-state index is 8.19. The topological polar surface area (TPSA) is 36.3 Å². The van der Waals surface area contributed by atoms with Gasteiger partial charge >= 0.3 is 0 Å². The van der Waals surface area contributed by atoms with E-state index in [4.69, 9.17) is 10.1 Å². The zero-order chi connectivity index (χ0) is 11.5. The Morgan fingerprint density at radius 1 is 1.38 bits per heavy atom. The number of hydrogen-bond donors (Lipinski definition) is 1. The van der Waals surface area contributed by atoms with Crippen LogP contribution < -0.4 is 0 Å². The summed E-state index contributed by atoms with van der Waals surface area (Å²) in [6.45, 7) is 5.10. The third-order valence-corrected chi connectivity index (χ3v) is 3.26. The predicted octanol–water partition coefficient (Wildman–Crippen LogP) is 2.42. The molecule has 1 heterocycles. The molecule has 0 atom stereocenters. The Labute approximate surface area is 104 Å². The van der Waals surface area contributed by atoms with Crippen molar-refractivity contribution < 1.29 is 4.74 Å². The Kier molecular flexibility index (Phi) is 3.61. The van der Waals surface area contributed by atoms with Gasteiger partial charge in [-0.3, -0.25) is 5.41 Å². The van der Waals surface area contributed by atoms with Crippen LogP contribution in [0.2, 0.25) is 0 Å². The van der Waals surface area contributed by atoms with Crippen LogP contribution >= 0.6 is 15.9 Å². The van der Waals surface area contributed by atoms with E-state index in [0.29, 0.717) is 5.84 Å². The van der Waals surface area contributed by atoms with Gasteiger partial charge in [-0.05, 0) is 30.7 Å². The fourth-order valence-corrected chi connectivity index (χ4v) is 2.33. The average Bonchev–Trinajstić information content (AvgIpc) is 2.29. The van der Waals surface area contributed by atoms with Crippen molar-refractivity contribution in [3.63, 3.8) is 0 Å². The summed E-state index contributed by atoms with van der Waals surface area (Å²) in [6.07, 6.45) is 0. The second kappa shape index (κ2) is 4.97. The van der Waals surface area contributed by atoms with Crippen molar-refractivity contribution in [2.75, 3.05) is 26.3 Å². The van der Waals surface area contributed by atoms with Crippen LogP contribution in [0.1, 0.15) is 11.1 Å². The minimum Gasteiger partial charge on any atom is -0.378 e. The van der Waals surface area contributed by atoms with Gasteiger partial charge in [-0.2, -0.15) is 0 Å². The van der Waals surface area contributed by atoms with Crippen LogP contribution in [0.15, 0.2) is 22.7 Å². The molecular weight excluding hydrogens is 268 g/mol. The fourth-order valence-electron chi connectivity index (χ4n) is 1.85. The van der Waals surface area contributed by atoms with Gasteiger partial charge in [-0.25, -0.2) is 0 Å². The van der Waals surface area contributed by atoms with E-state index in [1.165, 1.54) is 0 Å². The van der Waals surface area contributed by atoms with Crippen molar-refractivity contribution in [2.24, 2.45) is 0 Å². The lowest BCUT2D eigenvalue weighted by atomic mass is 10.1. The second-order valence-corrected chi connectivity index (χ2v) is 4.82. The van der Waals surface area contributed by atoms with E-state index in [1.54, 1.807) is 0 Å². The lowest BCUT2D eigenvalue weighted by molar-refractivity contribution is 0.0679. The molecule has 16 heavy (non-hydrogen) atoms. The summed E-state index contributed by atoms with van der Waals surface area (Å²) in [5.41, 5.74) is 2.14. The Hall–Kier alpha value is -0.870. The van der Waals surface area contributed by atoms with E-state index in [2.05, 4.69) is 20.8 Å². The molecule has 1 aliphatic heterocycles. The molecule has 0 aliphatic carbocycles. The van der Waals surface area contributed by atoms with Crippen molar-refractivity contribution in [1.82, 2.24) is 4.90 Å². The molecule has 86 valence electrons. The van der Waals surface area contributed by atoms with E-state index < -0.39 is 0 Å². The molecule has 0 spiro atoms. The van der Waals surface area contributed by atoms with Crippen molar-refractivity contribution in [3.8, 4) is 0 Å². The molecule has 1 aromatic carbocycles. The molecule has 1 aliphatic rings. The molecule has 1 aromatic rings. The SMILES string of the molecule is Cc1cc(Br)ccc1C(=N)N1CCOCC1. The maximum absolute atomic E-state index is 8.19. The molecule has 0 amide bonds. The van der Waals surface area contributed by atoms with E-state index >= 15 is 0 Å². The lowest BCUT2D eigenvalue weighted by Crippen LogP contribution is -2.40. The predicted molar refractivity (Wildman–Crippen MR) is 68.1 cm³/mol. The molecule has 1 fully saturated rings. The number of amidine groups is 1. The quantitative estimate of drug-likeness (QED) is 0.634. The van der Waals surface area contributed by atoms with Crippen LogP contribution in [-0.4, -0.2) is 37.0 Å². The van der Waals surface area contributed by atoms with Gasteiger partial charge in [0.25, 0.3) is 0 Å². The minimum atomic E-state index is 0.605. The number of aryl methyl sites for hydroxylation is 1. The van der Waals surface area contributed by atoms with E-state index in [-0.39, 0.29) is 0 Å². The summed E-state index contributed by atoms with van der Waals surface area (Å²) in [4.78, 5) is 2.07. The summed E-state index contributed by atoms with van der Waals surface area (Å²) in [5, 5.41) is 8.19. The van der Waals surface area contributed by atoms with Gasteiger partial charge in [-0.1, -0.05) is 15.9 Å². The zero-order valence-corrected chi connectivity index (χ0v) is 10.9. The standard InChI is InChI=1S/C12H15BrN2O/c1-9-8-10(13)2-3-11(9)12(14)15-4-6-16-7-5-15/h2-3,8,14H,4-7H2,1H3. The normalized spacial score (nSPS) is 16.2. The van der Waals surface area contributed by atoms with Crippen LogP contribution in [0.5, 0.6) is 0 Å². The molecule has 4 heteroatoms. The first-order valence-electron chi connectivity index (χ1n) is 5.36. The summed E-state index contributed by atoms with van der Waals surface area (Å²) < 4.78 is 6.35. The largest absolute Gasteiger partial charge is 0.378 e. The van der Waals surface area contributed by atoms with Gasteiger partial charge in [0.1, 0.15) is 5.84 Å². The maximum Gasteiger partial charge on any atom is 0.128 e. The van der Waals surface area contributed by atoms with Gasteiger partial charge in [0.2, 0.25) is 0 Å². The first-order chi connectivity index (χ1) is 7.68. The van der Waals surface area contributed by atoms with Crippen LogP contribution in [0.4, 0.5) is 0 Å². The molecule has 3 nitrogen and oxygen atoms in total. The molecular formula is C12H15BrN2O. The molecule has 2 rings (SSSR count). The summed E-state index contributed by atoms with van der Waals surface area (Å²) >= 11 is 3.44. The minimum absolute atomic E-state index is 0.605. The van der Waals surface area contributed by atoms with Crippen LogP contribution in [0.25, 0.3) is 0 Å². The van der Waals surface area contributed by atoms with Gasteiger partial charge in [-0.15, -0.1) is 0 Å². The molecule has 0 aromatic heterocycles. The average molecular weight is 283 g/mol. The third kappa shape index (κ3) is 2.44. The smallest absolute Gasteiger partial charge is 0.128 e. The van der Waals surface area contributed by atoms with Crippen molar-refractivity contribution in [2.45, 2.75) is 6.92 Å². The highest BCUT2D eigenvalue weighted by molar-refractivity contribution is 9.10. The van der Waals surface area contributed by atoms with Gasteiger partial charge in [0.05, 0.1) is 13.2 Å². The highest BCUT2D eigenvalue weighted by Gasteiger charge is 2.16. The monoisotopic (exact) mass is 282 g/mol. The number of benzene rings is 1. The number of hydrogen-bond acceptors (Lipinski definition) is 2. The number of ether oxygens (including phenoxy) is 1. The molecule has 0 radical (unpaired) electrons. The van der Waals surface area contributed by atoms with Crippen molar-refractivity contribution in [3.05, 3.63) is 33.8 Å². The van der Waals surface area contributed by atoms with Gasteiger partial charge < -0.3 is 9.64 Å². The van der Waals surface area contributed by atoms with Crippen LogP contribution in [-0.2, 0) is 4.74 Å². The summed E-state index contributed by atoms with van der Waals surface area (Å²) in [5.74, 6) is 0.605. The number of morpholine rings is 1. The molecule has 0 unspecified atom stereocenters. The summed E-state index contributed by atoms with van der Waals surface area (Å²) in [7, 11) is 0. The number of rotatable bonds is 1. The van der Waals surface area contributed by atoms with Gasteiger partial charge in [0.15, 0.2) is 0 Å². The molecule has 0 bridgehead atoms. The zero-order valence-electron chi connectivity index (χ0n) is 9.29. The Balaban J connectivity index is 2.19. The first kappa shape index (κ1) is 11.6. The van der Waals surface area contributed by atoms with E-state index in [0.717, 1.165) is 41.9 Å². The fraction of sp³-hybridized carbons (Fsp3) is 0.417. The number of nitrogens with zero attached hydrogens (tertiary/aromatic N) is 1. The second-order valence-electron chi connectivity index (χ2n) is 3.91. The van der Waals surface area contributed by atoms with Crippen LogP contribution in [0.3, 0.4) is 0 Å². The molecule has 1 N–H and O–H groups in total. The third-order valence-electron chi connectivity index (χ3n) is 2.77. The highest BCUT2D eigenvalue weighted by Crippen LogP contribution is 2.17. The summed E-state index contributed by atoms with van der Waals surface area (Å²) in [6, 6.07) is 6.03. The van der Waals surface area contributed by atoms with E-state index in [1.807, 2.05) is 25.1 Å². The lowest BCUT2D eigenvalue weighted by Gasteiger charge is -2.29. The van der Waals surface area contributed by atoms with E-state index in [9.17, 15) is 0 Å². The Morgan fingerprint density at radius 2 is 2.06 bits per heavy atom. The van der Waals surface area contributed by atoms with Crippen molar-refractivity contribution in [1.29, 1.82) is 5.41 Å². The molecule has 0 saturated carbocycles. The Bertz CT molecular complexity index is 400. The van der Waals surface area contributed by atoms with Crippen LogP contribution in [0, 0.1) is 12.3 Å². The highest BCUT2D eigenvalue weighted by atomic mass is 79.9. The van der Waals surface area contributed by atoms with Crippen molar-refractivity contribution >= 4 is 21.8 Å². The number of halogens is 1.